The molecule has 1 aromatic heterocycles. The lowest BCUT2D eigenvalue weighted by molar-refractivity contribution is 0.0679. The normalized spacial score (nSPS) is 19.5. The first-order valence-electron chi connectivity index (χ1n) is 7.76. The highest BCUT2D eigenvalue weighted by molar-refractivity contribution is 5.99. The molecule has 0 aliphatic carbocycles. The summed E-state index contributed by atoms with van der Waals surface area (Å²) in [6.07, 6.45) is 9.19. The van der Waals surface area contributed by atoms with E-state index in [2.05, 4.69) is 22.1 Å². The van der Waals surface area contributed by atoms with Crippen LogP contribution >= 0.6 is 0 Å². The summed E-state index contributed by atoms with van der Waals surface area (Å²) in [4.78, 5) is 19.1. The summed E-state index contributed by atoms with van der Waals surface area (Å²) in [5.74, 6) is 0.150. The number of anilines is 1. The van der Waals surface area contributed by atoms with Gasteiger partial charge in [-0.3, -0.25) is 9.78 Å². The molecule has 1 saturated heterocycles. The highest BCUT2D eigenvalue weighted by atomic mass is 16.2. The van der Waals surface area contributed by atoms with Gasteiger partial charge in [-0.2, -0.15) is 0 Å². The van der Waals surface area contributed by atoms with Crippen LogP contribution in [0.5, 0.6) is 0 Å². The van der Waals surface area contributed by atoms with Crippen molar-refractivity contribution in [2.45, 2.75) is 52.0 Å². The monoisotopic (exact) mass is 275 g/mol. The number of rotatable bonds is 4. The first kappa shape index (κ1) is 14.8. The van der Waals surface area contributed by atoms with Gasteiger partial charge in [-0.25, -0.2) is 0 Å². The zero-order valence-electron chi connectivity index (χ0n) is 12.6. The lowest BCUT2D eigenvalue weighted by atomic mass is 10.1. The molecule has 0 spiro atoms. The average Bonchev–Trinajstić information content (AvgIpc) is 2.72. The highest BCUT2D eigenvalue weighted by Gasteiger charge is 2.26. The number of pyridine rings is 1. The van der Waals surface area contributed by atoms with Gasteiger partial charge in [-0.15, -0.1) is 0 Å². The summed E-state index contributed by atoms with van der Waals surface area (Å²) in [7, 11) is 0. The zero-order valence-corrected chi connectivity index (χ0v) is 12.6. The van der Waals surface area contributed by atoms with Gasteiger partial charge in [0, 0.05) is 25.3 Å². The summed E-state index contributed by atoms with van der Waals surface area (Å²) < 4.78 is 0. The number of hydrogen-bond acceptors (Lipinski definition) is 3. The van der Waals surface area contributed by atoms with Crippen molar-refractivity contribution >= 4 is 11.6 Å². The van der Waals surface area contributed by atoms with Crippen molar-refractivity contribution in [3.05, 3.63) is 24.0 Å². The van der Waals surface area contributed by atoms with Gasteiger partial charge in [0.2, 0.25) is 0 Å². The Morgan fingerprint density at radius 2 is 2.25 bits per heavy atom. The molecule has 0 bridgehead atoms. The van der Waals surface area contributed by atoms with Crippen molar-refractivity contribution in [1.29, 1.82) is 0 Å². The number of nitrogens with zero attached hydrogens (tertiary/aromatic N) is 2. The minimum atomic E-state index is 0.150. The van der Waals surface area contributed by atoms with Crippen molar-refractivity contribution in [2.75, 3.05) is 18.4 Å². The summed E-state index contributed by atoms with van der Waals surface area (Å²) in [5.41, 5.74) is 1.60. The average molecular weight is 275 g/mol. The highest BCUT2D eigenvalue weighted by Crippen LogP contribution is 2.23. The van der Waals surface area contributed by atoms with Crippen molar-refractivity contribution in [2.24, 2.45) is 0 Å². The molecule has 1 aliphatic heterocycles. The summed E-state index contributed by atoms with van der Waals surface area (Å²) >= 11 is 0. The Bertz CT molecular complexity index is 447. The standard InChI is InChI=1S/C16H25N3O/c1-3-13-8-6-5-7-11-19(13)16(20)14-9-10-17-12-15(14)18-4-2/h9-10,12-13,18H,3-8,11H2,1-2H3. The van der Waals surface area contributed by atoms with E-state index < -0.39 is 0 Å². The van der Waals surface area contributed by atoms with Crippen LogP contribution in [0.4, 0.5) is 5.69 Å². The molecule has 1 atom stereocenters. The van der Waals surface area contributed by atoms with Crippen LogP contribution in [0.3, 0.4) is 0 Å². The first-order valence-corrected chi connectivity index (χ1v) is 7.76. The van der Waals surface area contributed by atoms with Crippen LogP contribution in [-0.4, -0.2) is 34.9 Å². The van der Waals surface area contributed by atoms with Crippen LogP contribution in [0.25, 0.3) is 0 Å². The van der Waals surface area contributed by atoms with E-state index in [1.165, 1.54) is 12.8 Å². The first-order chi connectivity index (χ1) is 9.77. The summed E-state index contributed by atoms with van der Waals surface area (Å²) in [5, 5.41) is 3.23. The number of amides is 1. The quantitative estimate of drug-likeness (QED) is 0.917. The van der Waals surface area contributed by atoms with E-state index >= 15 is 0 Å². The van der Waals surface area contributed by atoms with Crippen LogP contribution in [0.15, 0.2) is 18.5 Å². The van der Waals surface area contributed by atoms with E-state index in [0.29, 0.717) is 6.04 Å². The molecule has 2 rings (SSSR count). The van der Waals surface area contributed by atoms with Crippen LogP contribution in [0.2, 0.25) is 0 Å². The van der Waals surface area contributed by atoms with Crippen LogP contribution in [-0.2, 0) is 0 Å². The predicted molar refractivity (Wildman–Crippen MR) is 82.0 cm³/mol. The molecule has 1 aliphatic rings. The number of carbonyl (C=O) groups is 1. The molecule has 110 valence electrons. The SMILES string of the molecule is CCNc1cnccc1C(=O)N1CCCCCC1CC. The number of aromatic nitrogens is 1. The van der Waals surface area contributed by atoms with E-state index in [0.717, 1.165) is 43.6 Å². The molecule has 4 nitrogen and oxygen atoms in total. The van der Waals surface area contributed by atoms with Gasteiger partial charge in [0.05, 0.1) is 17.4 Å². The Balaban J connectivity index is 2.24. The number of hydrogen-bond donors (Lipinski definition) is 1. The lowest BCUT2D eigenvalue weighted by Gasteiger charge is -2.30. The van der Waals surface area contributed by atoms with Crippen molar-refractivity contribution in [3.8, 4) is 0 Å². The van der Waals surface area contributed by atoms with Gasteiger partial charge < -0.3 is 10.2 Å². The van der Waals surface area contributed by atoms with Gasteiger partial charge in [0.15, 0.2) is 0 Å². The largest absolute Gasteiger partial charge is 0.383 e. The predicted octanol–water partition coefficient (Wildman–Crippen LogP) is 3.31. The second-order valence-electron chi connectivity index (χ2n) is 5.36. The fourth-order valence-electron chi connectivity index (χ4n) is 2.94. The molecular formula is C16H25N3O. The van der Waals surface area contributed by atoms with Gasteiger partial charge >= 0.3 is 0 Å². The van der Waals surface area contributed by atoms with E-state index in [1.807, 2.05) is 13.0 Å². The van der Waals surface area contributed by atoms with Crippen molar-refractivity contribution in [3.63, 3.8) is 0 Å². The van der Waals surface area contributed by atoms with Crippen molar-refractivity contribution in [1.82, 2.24) is 9.88 Å². The maximum atomic E-state index is 12.9. The molecule has 1 N–H and O–H groups in total. The van der Waals surface area contributed by atoms with Crippen LogP contribution < -0.4 is 5.32 Å². The van der Waals surface area contributed by atoms with Gasteiger partial charge in [-0.05, 0) is 32.3 Å². The third kappa shape index (κ3) is 3.30. The molecule has 1 fully saturated rings. The minimum absolute atomic E-state index is 0.150. The Morgan fingerprint density at radius 1 is 1.40 bits per heavy atom. The van der Waals surface area contributed by atoms with Crippen molar-refractivity contribution < 1.29 is 4.79 Å². The number of carbonyl (C=O) groups excluding carboxylic acids is 1. The molecule has 4 heteroatoms. The number of nitrogens with one attached hydrogen (secondary N) is 1. The topological polar surface area (TPSA) is 45.2 Å². The number of likely N-dealkylation sites (tertiary alicyclic amines) is 1. The zero-order chi connectivity index (χ0) is 14.4. The smallest absolute Gasteiger partial charge is 0.256 e. The Hall–Kier alpha value is -1.58. The molecule has 1 unspecified atom stereocenters. The van der Waals surface area contributed by atoms with E-state index in [1.54, 1.807) is 12.4 Å². The maximum Gasteiger partial charge on any atom is 0.256 e. The molecule has 0 radical (unpaired) electrons. The molecular weight excluding hydrogens is 250 g/mol. The fourth-order valence-corrected chi connectivity index (χ4v) is 2.94. The molecule has 2 heterocycles. The Labute approximate surface area is 121 Å². The van der Waals surface area contributed by atoms with E-state index in [-0.39, 0.29) is 5.91 Å². The molecule has 0 saturated carbocycles. The maximum absolute atomic E-state index is 12.9. The van der Waals surface area contributed by atoms with E-state index in [9.17, 15) is 4.79 Å². The van der Waals surface area contributed by atoms with Gasteiger partial charge in [0.1, 0.15) is 0 Å². The lowest BCUT2D eigenvalue weighted by Crippen LogP contribution is -2.40. The van der Waals surface area contributed by atoms with Crippen LogP contribution in [0.1, 0.15) is 56.3 Å². The second-order valence-corrected chi connectivity index (χ2v) is 5.36. The second kappa shape index (κ2) is 7.27. The summed E-state index contributed by atoms with van der Waals surface area (Å²) in [6.45, 7) is 5.88. The third-order valence-electron chi connectivity index (χ3n) is 4.03. The van der Waals surface area contributed by atoms with Gasteiger partial charge in [0.25, 0.3) is 5.91 Å². The summed E-state index contributed by atoms with van der Waals surface area (Å²) in [6, 6.07) is 2.21. The van der Waals surface area contributed by atoms with E-state index in [4.69, 9.17) is 0 Å². The Kier molecular flexibility index (Phi) is 5.39. The molecule has 0 aromatic carbocycles. The Morgan fingerprint density at radius 3 is 3.00 bits per heavy atom. The fraction of sp³-hybridized carbons (Fsp3) is 0.625. The van der Waals surface area contributed by atoms with Crippen LogP contribution in [0, 0.1) is 0 Å². The molecule has 1 amide bonds. The molecule has 1 aromatic rings. The third-order valence-corrected chi connectivity index (χ3v) is 4.03. The minimum Gasteiger partial charge on any atom is -0.383 e. The molecule has 20 heavy (non-hydrogen) atoms. The van der Waals surface area contributed by atoms with Gasteiger partial charge in [-0.1, -0.05) is 19.8 Å².